The average Bonchev–Trinajstić information content (AvgIpc) is 3.73. The van der Waals surface area contributed by atoms with E-state index in [4.69, 9.17) is 30.1 Å². The van der Waals surface area contributed by atoms with Gasteiger partial charge in [-0.25, -0.2) is 19.9 Å². The number of rotatable bonds is 7. The molecule has 3 aromatic heterocycles. The molecule has 55 heavy (non-hydrogen) atoms. The number of hydrogen-bond donors (Lipinski definition) is 0. The number of fused-ring (bicyclic) bond motifs is 3. The van der Waals surface area contributed by atoms with Crippen LogP contribution in [0.25, 0.3) is 95.7 Å². The molecule has 0 aliphatic heterocycles. The van der Waals surface area contributed by atoms with Gasteiger partial charge in [0.1, 0.15) is 5.82 Å². The van der Waals surface area contributed by atoms with Crippen LogP contribution in [-0.2, 0) is 0 Å². The predicted octanol–water partition coefficient (Wildman–Crippen LogP) is 11.1. The molecule has 0 atom stereocenters. The average molecular weight is 706 g/mol. The first-order valence-corrected chi connectivity index (χ1v) is 18.1. The number of aromatic nitrogens is 7. The zero-order valence-corrected chi connectivity index (χ0v) is 29.5. The molecule has 0 saturated heterocycles. The Labute approximate surface area is 317 Å². The molecule has 7 aromatic carbocycles. The van der Waals surface area contributed by atoms with Crippen molar-refractivity contribution in [2.45, 2.75) is 0 Å². The van der Waals surface area contributed by atoms with E-state index in [1.54, 1.807) is 0 Å². The quantitative estimate of drug-likeness (QED) is 0.164. The van der Waals surface area contributed by atoms with Gasteiger partial charge in [-0.15, -0.1) is 10.2 Å². The summed E-state index contributed by atoms with van der Waals surface area (Å²) in [6, 6.07) is 63.8. The third-order valence-corrected chi connectivity index (χ3v) is 9.80. The lowest BCUT2D eigenvalue weighted by molar-refractivity contribution is 1.07. The van der Waals surface area contributed by atoms with Crippen molar-refractivity contribution < 1.29 is 0 Å². The molecule has 0 spiro atoms. The first kappa shape index (κ1) is 32.0. The number of para-hydroxylation sites is 1. The number of benzene rings is 7. The summed E-state index contributed by atoms with van der Waals surface area (Å²) in [5.41, 5.74) is 10.6. The zero-order valence-electron chi connectivity index (χ0n) is 29.5. The normalized spacial score (nSPS) is 11.3. The molecule has 0 aliphatic rings. The van der Waals surface area contributed by atoms with Crippen LogP contribution in [0.15, 0.2) is 188 Å². The fourth-order valence-corrected chi connectivity index (χ4v) is 7.09. The van der Waals surface area contributed by atoms with Crippen LogP contribution < -0.4 is 0 Å². The minimum absolute atomic E-state index is 0.617. The fraction of sp³-hybridized carbons (Fsp3) is 0. The first-order chi connectivity index (χ1) is 27.3. The van der Waals surface area contributed by atoms with Gasteiger partial charge in [0.15, 0.2) is 28.9 Å². The van der Waals surface area contributed by atoms with Gasteiger partial charge in [0.2, 0.25) is 0 Å². The molecule has 258 valence electrons. The second kappa shape index (κ2) is 13.7. The highest BCUT2D eigenvalue weighted by molar-refractivity contribution is 5.95. The van der Waals surface area contributed by atoms with Gasteiger partial charge in [-0.2, -0.15) is 0 Å². The van der Waals surface area contributed by atoms with E-state index < -0.39 is 0 Å². The van der Waals surface area contributed by atoms with Gasteiger partial charge in [-0.1, -0.05) is 170 Å². The van der Waals surface area contributed by atoms with Crippen molar-refractivity contribution in [2.24, 2.45) is 0 Å². The highest BCUT2D eigenvalue weighted by Gasteiger charge is 2.20. The van der Waals surface area contributed by atoms with Crippen LogP contribution in [0, 0.1) is 0 Å². The minimum Gasteiger partial charge on any atom is -0.258 e. The Morgan fingerprint density at radius 3 is 1.45 bits per heavy atom. The van der Waals surface area contributed by atoms with E-state index in [0.717, 1.165) is 78.3 Å². The van der Waals surface area contributed by atoms with E-state index >= 15 is 0 Å². The van der Waals surface area contributed by atoms with Crippen LogP contribution in [0.3, 0.4) is 0 Å². The highest BCUT2D eigenvalue weighted by Crippen LogP contribution is 2.36. The lowest BCUT2D eigenvalue weighted by atomic mass is 9.99. The topological polar surface area (TPSA) is 81.8 Å². The van der Waals surface area contributed by atoms with Gasteiger partial charge in [-0.3, -0.25) is 4.40 Å². The third-order valence-electron chi connectivity index (χ3n) is 9.80. The largest absolute Gasteiger partial charge is 0.258 e. The summed E-state index contributed by atoms with van der Waals surface area (Å²) in [5.74, 6) is 3.39. The summed E-state index contributed by atoms with van der Waals surface area (Å²) in [6.07, 6.45) is 0. The van der Waals surface area contributed by atoms with Gasteiger partial charge in [0.25, 0.3) is 0 Å². The van der Waals surface area contributed by atoms with E-state index in [-0.39, 0.29) is 0 Å². The molecule has 10 rings (SSSR count). The van der Waals surface area contributed by atoms with Crippen molar-refractivity contribution in [3.63, 3.8) is 0 Å². The fourth-order valence-electron chi connectivity index (χ4n) is 7.09. The lowest BCUT2D eigenvalue weighted by Crippen LogP contribution is -2.01. The van der Waals surface area contributed by atoms with Crippen molar-refractivity contribution in [1.82, 2.24) is 34.5 Å². The summed E-state index contributed by atoms with van der Waals surface area (Å²) < 4.78 is 2.10. The van der Waals surface area contributed by atoms with Crippen molar-refractivity contribution in [2.75, 3.05) is 0 Å². The van der Waals surface area contributed by atoms with E-state index in [1.807, 2.05) is 91.0 Å². The highest BCUT2D eigenvalue weighted by atomic mass is 15.3. The molecule has 0 bridgehead atoms. The molecule has 0 saturated carbocycles. The van der Waals surface area contributed by atoms with E-state index in [1.165, 1.54) is 0 Å². The van der Waals surface area contributed by atoms with Crippen LogP contribution in [0.1, 0.15) is 0 Å². The summed E-state index contributed by atoms with van der Waals surface area (Å²) in [5, 5.41) is 10.5. The summed E-state index contributed by atoms with van der Waals surface area (Å²) in [7, 11) is 0. The van der Waals surface area contributed by atoms with Gasteiger partial charge in [-0.05, 0) is 40.5 Å². The maximum atomic E-state index is 5.25. The molecule has 0 radical (unpaired) electrons. The molecule has 0 N–H and O–H groups in total. The van der Waals surface area contributed by atoms with Gasteiger partial charge in [0, 0.05) is 33.2 Å². The minimum atomic E-state index is 0.617. The molecular weight excluding hydrogens is 675 g/mol. The lowest BCUT2D eigenvalue weighted by Gasteiger charge is -2.13. The molecule has 3 heterocycles. The summed E-state index contributed by atoms with van der Waals surface area (Å²) in [6.45, 7) is 0. The Hall–Kier alpha value is -7.64. The maximum Gasteiger partial charge on any atom is 0.172 e. The monoisotopic (exact) mass is 705 g/mol. The summed E-state index contributed by atoms with van der Waals surface area (Å²) >= 11 is 0. The number of nitrogens with zero attached hydrogens (tertiary/aromatic N) is 7. The Morgan fingerprint density at radius 1 is 0.309 bits per heavy atom. The first-order valence-electron chi connectivity index (χ1n) is 18.1. The predicted molar refractivity (Wildman–Crippen MR) is 220 cm³/mol. The molecule has 0 fully saturated rings. The van der Waals surface area contributed by atoms with E-state index in [2.05, 4.69) is 101 Å². The van der Waals surface area contributed by atoms with Crippen molar-refractivity contribution >= 4 is 16.6 Å². The number of hydrogen-bond acceptors (Lipinski definition) is 6. The molecule has 0 unspecified atom stereocenters. The molecule has 0 amide bonds. The molecule has 7 heteroatoms. The van der Waals surface area contributed by atoms with E-state index in [0.29, 0.717) is 17.5 Å². The second-order valence-electron chi connectivity index (χ2n) is 13.2. The molecule has 7 nitrogen and oxygen atoms in total. The van der Waals surface area contributed by atoms with Crippen LogP contribution in [0.2, 0.25) is 0 Å². The third kappa shape index (κ3) is 5.99. The standard InChI is InChI=1S/C48H31N7/c1-4-15-33(16-5-1)39-23-10-11-24-40(39)47-53-54-48-41-25-12-13-26-42(41)49-46(55(47)48)38-22-14-21-37(31-38)32-27-29-36(30-28-32)45-51-43(34-17-6-2-7-18-34)50-44(52-45)35-19-8-3-9-20-35/h1-31H. The SMILES string of the molecule is c1ccc(-c2nc(-c3ccccc3)nc(-c3ccc(-c4cccc(-c5nc6ccccc6c6nnc(-c7ccccc7-c7ccccc7)n56)c4)cc3)n2)cc1. The smallest absolute Gasteiger partial charge is 0.172 e. The van der Waals surface area contributed by atoms with Crippen LogP contribution in [-0.4, -0.2) is 34.5 Å². The van der Waals surface area contributed by atoms with Crippen LogP contribution in [0.5, 0.6) is 0 Å². The summed E-state index contributed by atoms with van der Waals surface area (Å²) in [4.78, 5) is 19.9. The van der Waals surface area contributed by atoms with Crippen LogP contribution >= 0.6 is 0 Å². The van der Waals surface area contributed by atoms with Gasteiger partial charge < -0.3 is 0 Å². The molecule has 10 aromatic rings. The second-order valence-corrected chi connectivity index (χ2v) is 13.2. The zero-order chi connectivity index (χ0) is 36.6. The van der Waals surface area contributed by atoms with E-state index in [9.17, 15) is 0 Å². The maximum absolute atomic E-state index is 5.25. The van der Waals surface area contributed by atoms with Crippen molar-refractivity contribution in [3.05, 3.63) is 188 Å². The van der Waals surface area contributed by atoms with Crippen molar-refractivity contribution in [1.29, 1.82) is 0 Å². The Balaban J connectivity index is 1.07. The van der Waals surface area contributed by atoms with Crippen LogP contribution in [0.4, 0.5) is 0 Å². The van der Waals surface area contributed by atoms with Crippen molar-refractivity contribution in [3.8, 4) is 79.2 Å². The Bertz CT molecular complexity index is 2900. The van der Waals surface area contributed by atoms with Gasteiger partial charge >= 0.3 is 0 Å². The Morgan fingerprint density at radius 2 is 0.800 bits per heavy atom. The Kier molecular flexibility index (Phi) is 8.00. The molecule has 0 aliphatic carbocycles. The van der Waals surface area contributed by atoms with Gasteiger partial charge in [0.05, 0.1) is 5.52 Å². The molecular formula is C48H31N7.